The third-order valence-electron chi connectivity index (χ3n) is 2.85. The zero-order valence-electron chi connectivity index (χ0n) is 12.4. The summed E-state index contributed by atoms with van der Waals surface area (Å²) < 4.78 is 5.06. The largest absolute Gasteiger partial charge is 0.462 e. The number of rotatable bonds is 6. The van der Waals surface area contributed by atoms with E-state index in [0.29, 0.717) is 28.6 Å². The molecule has 0 aromatic heterocycles. The van der Waals surface area contributed by atoms with Crippen LogP contribution in [0.3, 0.4) is 0 Å². The molecule has 0 heterocycles. The smallest absolute Gasteiger partial charge is 0.340 e. The monoisotopic (exact) mass is 299 g/mol. The number of ether oxygens (including phenoxy) is 1. The lowest BCUT2D eigenvalue weighted by molar-refractivity contribution is 0.0527. The summed E-state index contributed by atoms with van der Waals surface area (Å²) in [5, 5.41) is 0.453. The van der Waals surface area contributed by atoms with Crippen molar-refractivity contribution in [3.8, 4) is 0 Å². The molecule has 0 aliphatic heterocycles. The highest BCUT2D eigenvalue weighted by Gasteiger charge is 2.19. The fourth-order valence-corrected chi connectivity index (χ4v) is 2.21. The number of halogens is 1. The van der Waals surface area contributed by atoms with Gasteiger partial charge in [-0.15, -0.1) is 0 Å². The van der Waals surface area contributed by atoms with Crippen molar-refractivity contribution >= 4 is 28.9 Å². The van der Waals surface area contributed by atoms with Crippen molar-refractivity contribution in [2.75, 3.05) is 51.5 Å². The Morgan fingerprint density at radius 1 is 1.30 bits per heavy atom. The van der Waals surface area contributed by atoms with Gasteiger partial charge in [0.15, 0.2) is 0 Å². The van der Waals surface area contributed by atoms with Gasteiger partial charge in [-0.05, 0) is 33.2 Å². The summed E-state index contributed by atoms with van der Waals surface area (Å²) >= 11 is 6.25. The van der Waals surface area contributed by atoms with E-state index in [-0.39, 0.29) is 0 Å². The van der Waals surface area contributed by atoms with E-state index in [1.807, 2.05) is 26.0 Å². The standard InChI is InChI=1S/C14H22ClN3O2/c1-5-20-14(19)11-8-10(16)9-12(15)13(11)18(4)7-6-17(2)3/h8-9H,5-7,16H2,1-4H3. The first-order chi connectivity index (χ1) is 9.36. The highest BCUT2D eigenvalue weighted by atomic mass is 35.5. The van der Waals surface area contributed by atoms with Crippen LogP contribution < -0.4 is 10.6 Å². The van der Waals surface area contributed by atoms with Gasteiger partial charge in [-0.1, -0.05) is 11.6 Å². The lowest BCUT2D eigenvalue weighted by atomic mass is 10.1. The van der Waals surface area contributed by atoms with Gasteiger partial charge in [0.2, 0.25) is 0 Å². The molecule has 5 nitrogen and oxygen atoms in total. The number of anilines is 2. The van der Waals surface area contributed by atoms with Crippen LogP contribution in [0.4, 0.5) is 11.4 Å². The van der Waals surface area contributed by atoms with Crippen molar-refractivity contribution in [2.24, 2.45) is 0 Å². The SMILES string of the molecule is CCOC(=O)c1cc(N)cc(Cl)c1N(C)CCN(C)C. The van der Waals surface area contributed by atoms with Crippen LogP contribution in [0.15, 0.2) is 12.1 Å². The summed E-state index contributed by atoms with van der Waals surface area (Å²) in [6.45, 7) is 3.66. The first kappa shape index (κ1) is 16.6. The molecule has 20 heavy (non-hydrogen) atoms. The maximum Gasteiger partial charge on any atom is 0.340 e. The minimum atomic E-state index is -0.409. The molecule has 0 fully saturated rings. The van der Waals surface area contributed by atoms with Gasteiger partial charge in [0, 0.05) is 25.8 Å². The molecule has 6 heteroatoms. The van der Waals surface area contributed by atoms with Crippen molar-refractivity contribution in [1.82, 2.24) is 4.90 Å². The van der Waals surface area contributed by atoms with Crippen molar-refractivity contribution in [3.05, 3.63) is 22.7 Å². The topological polar surface area (TPSA) is 58.8 Å². The summed E-state index contributed by atoms with van der Waals surface area (Å²) in [5.41, 5.74) is 7.27. The Morgan fingerprint density at radius 3 is 2.50 bits per heavy atom. The van der Waals surface area contributed by atoms with E-state index < -0.39 is 5.97 Å². The average Bonchev–Trinajstić information content (AvgIpc) is 2.35. The lowest BCUT2D eigenvalue weighted by Crippen LogP contribution is -2.30. The van der Waals surface area contributed by atoms with Crippen LogP contribution in [0.1, 0.15) is 17.3 Å². The Morgan fingerprint density at radius 2 is 1.95 bits per heavy atom. The van der Waals surface area contributed by atoms with Crippen LogP contribution in [-0.4, -0.2) is 51.7 Å². The van der Waals surface area contributed by atoms with E-state index in [1.54, 1.807) is 19.1 Å². The van der Waals surface area contributed by atoms with Gasteiger partial charge in [-0.2, -0.15) is 0 Å². The Kier molecular flexibility index (Phi) is 6.10. The number of esters is 1. The van der Waals surface area contributed by atoms with Gasteiger partial charge >= 0.3 is 5.97 Å². The zero-order chi connectivity index (χ0) is 15.3. The third-order valence-corrected chi connectivity index (χ3v) is 3.13. The van der Waals surface area contributed by atoms with E-state index in [0.717, 1.165) is 13.1 Å². The number of likely N-dealkylation sites (N-methyl/N-ethyl adjacent to an activating group) is 2. The fraction of sp³-hybridized carbons (Fsp3) is 0.500. The summed E-state index contributed by atoms with van der Waals surface area (Å²) in [4.78, 5) is 16.0. The van der Waals surface area contributed by atoms with E-state index in [1.165, 1.54) is 0 Å². The molecule has 0 saturated heterocycles. The molecule has 0 unspecified atom stereocenters. The second kappa shape index (κ2) is 7.36. The Hall–Kier alpha value is -1.46. The molecule has 1 aromatic carbocycles. The Labute approximate surface area is 125 Å². The van der Waals surface area contributed by atoms with E-state index in [4.69, 9.17) is 22.1 Å². The molecule has 2 N–H and O–H groups in total. The van der Waals surface area contributed by atoms with Gasteiger partial charge < -0.3 is 20.3 Å². The summed E-state index contributed by atoms with van der Waals surface area (Å²) in [6.07, 6.45) is 0. The van der Waals surface area contributed by atoms with Crippen LogP contribution >= 0.6 is 11.6 Å². The molecule has 0 amide bonds. The quantitative estimate of drug-likeness (QED) is 0.644. The number of carbonyl (C=O) groups is 1. The number of carbonyl (C=O) groups excluding carboxylic acids is 1. The average molecular weight is 300 g/mol. The maximum atomic E-state index is 12.0. The molecular formula is C14H22ClN3O2. The first-order valence-electron chi connectivity index (χ1n) is 6.48. The molecule has 0 radical (unpaired) electrons. The molecule has 0 aliphatic carbocycles. The van der Waals surface area contributed by atoms with Crippen molar-refractivity contribution in [3.63, 3.8) is 0 Å². The van der Waals surface area contributed by atoms with E-state index >= 15 is 0 Å². The Bertz CT molecular complexity index is 478. The minimum Gasteiger partial charge on any atom is -0.462 e. The molecule has 1 aromatic rings. The molecule has 0 atom stereocenters. The molecule has 0 aliphatic rings. The summed E-state index contributed by atoms with van der Waals surface area (Å²) in [7, 11) is 5.87. The zero-order valence-corrected chi connectivity index (χ0v) is 13.2. The predicted octanol–water partition coefficient (Wildman–Crippen LogP) is 2.10. The number of benzene rings is 1. The lowest BCUT2D eigenvalue weighted by Gasteiger charge is -2.25. The molecule has 1 rings (SSSR count). The van der Waals surface area contributed by atoms with Crippen molar-refractivity contribution in [2.45, 2.75) is 6.92 Å². The predicted molar refractivity (Wildman–Crippen MR) is 83.6 cm³/mol. The first-order valence-corrected chi connectivity index (χ1v) is 6.86. The number of nitrogens with zero attached hydrogens (tertiary/aromatic N) is 2. The number of hydrogen-bond donors (Lipinski definition) is 1. The number of nitrogen functional groups attached to an aromatic ring is 1. The highest BCUT2D eigenvalue weighted by Crippen LogP contribution is 2.32. The Balaban J connectivity index is 3.12. The molecule has 0 saturated carbocycles. The van der Waals surface area contributed by atoms with Crippen LogP contribution in [0, 0.1) is 0 Å². The van der Waals surface area contributed by atoms with E-state index in [2.05, 4.69) is 4.90 Å². The number of hydrogen-bond acceptors (Lipinski definition) is 5. The second-order valence-electron chi connectivity index (χ2n) is 4.84. The summed E-state index contributed by atoms with van der Waals surface area (Å²) in [6, 6.07) is 3.25. The molecular weight excluding hydrogens is 278 g/mol. The van der Waals surface area contributed by atoms with Crippen LogP contribution in [0.2, 0.25) is 5.02 Å². The van der Waals surface area contributed by atoms with Crippen molar-refractivity contribution < 1.29 is 9.53 Å². The normalized spacial score (nSPS) is 10.7. The fourth-order valence-electron chi connectivity index (χ4n) is 1.83. The van der Waals surface area contributed by atoms with Crippen LogP contribution in [0.5, 0.6) is 0 Å². The number of nitrogens with two attached hydrogens (primary N) is 1. The third kappa shape index (κ3) is 4.28. The van der Waals surface area contributed by atoms with Gasteiger partial charge in [-0.3, -0.25) is 0 Å². The molecule has 0 spiro atoms. The van der Waals surface area contributed by atoms with Crippen LogP contribution in [-0.2, 0) is 4.74 Å². The van der Waals surface area contributed by atoms with Crippen LogP contribution in [0.25, 0.3) is 0 Å². The highest BCUT2D eigenvalue weighted by molar-refractivity contribution is 6.34. The second-order valence-corrected chi connectivity index (χ2v) is 5.25. The van der Waals surface area contributed by atoms with Gasteiger partial charge in [0.1, 0.15) is 0 Å². The molecule has 112 valence electrons. The van der Waals surface area contributed by atoms with Crippen molar-refractivity contribution in [1.29, 1.82) is 0 Å². The van der Waals surface area contributed by atoms with Gasteiger partial charge in [0.05, 0.1) is 22.9 Å². The maximum absolute atomic E-state index is 12.0. The van der Waals surface area contributed by atoms with Gasteiger partial charge in [-0.25, -0.2) is 4.79 Å². The van der Waals surface area contributed by atoms with Gasteiger partial charge in [0.25, 0.3) is 0 Å². The minimum absolute atomic E-state index is 0.312. The summed E-state index contributed by atoms with van der Waals surface area (Å²) in [5.74, 6) is -0.409. The van der Waals surface area contributed by atoms with E-state index in [9.17, 15) is 4.79 Å². The molecule has 0 bridgehead atoms.